The number of aromatic nitrogens is 1. The van der Waals surface area contributed by atoms with Crippen LogP contribution < -0.4 is 5.32 Å². The zero-order valence-corrected chi connectivity index (χ0v) is 9.66. The normalized spacial score (nSPS) is 12.3. The number of fused-ring (bicyclic) bond motifs is 1. The van der Waals surface area contributed by atoms with Crippen LogP contribution >= 0.6 is 0 Å². The molecule has 2 rings (SSSR count). The minimum atomic E-state index is -4.46. The van der Waals surface area contributed by atoms with Gasteiger partial charge in [0.1, 0.15) is 11.5 Å². The molecule has 6 heteroatoms. The maximum atomic E-state index is 13.1. The molecule has 0 spiro atoms. The number of rotatable bonds is 3. The molecule has 0 amide bonds. The molecule has 1 heterocycles. The zero-order valence-electron chi connectivity index (χ0n) is 9.66. The first kappa shape index (κ1) is 12.9. The fraction of sp³-hybridized carbons (Fsp3) is 0.333. The highest BCUT2D eigenvalue weighted by Gasteiger charge is 2.36. The number of hydrogen-bond donors (Lipinski definition) is 2. The minimum absolute atomic E-state index is 0.103. The summed E-state index contributed by atoms with van der Waals surface area (Å²) in [5.74, 6) is -0.541. The molecule has 2 aromatic rings. The monoisotopic (exact) mass is 260 g/mol. The highest BCUT2D eigenvalue weighted by Crippen LogP contribution is 2.35. The molecule has 0 aliphatic heterocycles. The average Bonchev–Trinajstić information content (AvgIpc) is 2.64. The quantitative estimate of drug-likeness (QED) is 0.815. The van der Waals surface area contributed by atoms with Crippen LogP contribution in [-0.4, -0.2) is 18.6 Å². The average molecular weight is 260 g/mol. The van der Waals surface area contributed by atoms with E-state index in [1.807, 2.05) is 0 Å². The van der Waals surface area contributed by atoms with E-state index in [9.17, 15) is 17.6 Å². The second-order valence-electron chi connectivity index (χ2n) is 4.02. The Kier molecular flexibility index (Phi) is 3.30. The topological polar surface area (TPSA) is 27.8 Å². The molecule has 1 aromatic carbocycles. The zero-order chi connectivity index (χ0) is 13.3. The van der Waals surface area contributed by atoms with Crippen molar-refractivity contribution in [1.29, 1.82) is 0 Å². The number of likely N-dealkylation sites (N-methyl/N-ethyl adjacent to an activating group) is 1. The molecule has 0 atom stereocenters. The van der Waals surface area contributed by atoms with Gasteiger partial charge in [-0.1, -0.05) is 0 Å². The summed E-state index contributed by atoms with van der Waals surface area (Å²) in [4.78, 5) is 2.32. The molecule has 0 saturated carbocycles. The van der Waals surface area contributed by atoms with Gasteiger partial charge in [-0.25, -0.2) is 4.39 Å². The number of benzene rings is 1. The van der Waals surface area contributed by atoms with Gasteiger partial charge in [-0.2, -0.15) is 13.2 Å². The second-order valence-corrected chi connectivity index (χ2v) is 4.02. The highest BCUT2D eigenvalue weighted by molar-refractivity contribution is 5.85. The van der Waals surface area contributed by atoms with Gasteiger partial charge in [0.25, 0.3) is 0 Å². The summed E-state index contributed by atoms with van der Waals surface area (Å²) in [6.45, 7) is 0.395. The predicted octanol–water partition coefficient (Wildman–Crippen LogP) is 3.09. The van der Waals surface area contributed by atoms with Gasteiger partial charge < -0.3 is 10.3 Å². The van der Waals surface area contributed by atoms with E-state index in [0.717, 1.165) is 12.1 Å². The van der Waals surface area contributed by atoms with Crippen LogP contribution in [0.4, 0.5) is 17.6 Å². The number of aromatic amines is 1. The van der Waals surface area contributed by atoms with E-state index in [1.54, 1.807) is 7.05 Å². The molecule has 0 bridgehead atoms. The Hall–Kier alpha value is -1.56. The van der Waals surface area contributed by atoms with Crippen molar-refractivity contribution in [3.63, 3.8) is 0 Å². The third-order valence-electron chi connectivity index (χ3n) is 2.78. The molecule has 0 saturated heterocycles. The van der Waals surface area contributed by atoms with Crippen molar-refractivity contribution < 1.29 is 17.6 Å². The first-order chi connectivity index (χ1) is 8.43. The molecular formula is C12H12F4N2. The first-order valence-corrected chi connectivity index (χ1v) is 5.45. The largest absolute Gasteiger partial charge is 0.431 e. The van der Waals surface area contributed by atoms with Crippen molar-refractivity contribution in [1.82, 2.24) is 10.3 Å². The number of hydrogen-bond acceptors (Lipinski definition) is 1. The molecule has 98 valence electrons. The molecule has 2 N–H and O–H groups in total. The van der Waals surface area contributed by atoms with Gasteiger partial charge in [0, 0.05) is 10.9 Å². The molecule has 2 nitrogen and oxygen atoms in total. The predicted molar refractivity (Wildman–Crippen MR) is 60.9 cm³/mol. The van der Waals surface area contributed by atoms with Crippen molar-refractivity contribution in [2.24, 2.45) is 0 Å². The molecular weight excluding hydrogens is 248 g/mol. The van der Waals surface area contributed by atoms with E-state index in [-0.39, 0.29) is 17.4 Å². The molecule has 0 fully saturated rings. The SMILES string of the molecule is CNCCc1c(C(F)(F)F)[nH]c2ccc(F)cc12. The lowest BCUT2D eigenvalue weighted by Crippen LogP contribution is -2.14. The van der Waals surface area contributed by atoms with Crippen LogP contribution in [-0.2, 0) is 12.6 Å². The Labute approximate surface area is 101 Å². The third-order valence-corrected chi connectivity index (χ3v) is 2.78. The van der Waals surface area contributed by atoms with E-state index in [4.69, 9.17) is 0 Å². The summed E-state index contributed by atoms with van der Waals surface area (Å²) in [6.07, 6.45) is -4.27. The number of nitrogens with one attached hydrogen (secondary N) is 2. The smallest absolute Gasteiger partial charge is 0.351 e. The Morgan fingerprint density at radius 1 is 1.28 bits per heavy atom. The minimum Gasteiger partial charge on any atom is -0.351 e. The van der Waals surface area contributed by atoms with Crippen LogP contribution in [0.1, 0.15) is 11.3 Å². The number of halogens is 4. The second kappa shape index (κ2) is 4.61. The van der Waals surface area contributed by atoms with Crippen molar-refractivity contribution in [3.05, 3.63) is 35.3 Å². The van der Waals surface area contributed by atoms with Crippen LogP contribution in [0.2, 0.25) is 0 Å². The van der Waals surface area contributed by atoms with Crippen molar-refractivity contribution in [2.75, 3.05) is 13.6 Å². The Morgan fingerprint density at radius 2 is 2.00 bits per heavy atom. The summed E-state index contributed by atoms with van der Waals surface area (Å²) >= 11 is 0. The maximum absolute atomic E-state index is 13.1. The Balaban J connectivity index is 2.62. The number of alkyl halides is 3. The van der Waals surface area contributed by atoms with E-state index in [0.29, 0.717) is 12.1 Å². The molecule has 0 aliphatic rings. The van der Waals surface area contributed by atoms with Crippen LogP contribution in [0.5, 0.6) is 0 Å². The lowest BCUT2D eigenvalue weighted by molar-refractivity contribution is -0.141. The number of H-pyrrole nitrogens is 1. The van der Waals surface area contributed by atoms with Gasteiger partial charge in [0.15, 0.2) is 0 Å². The third kappa shape index (κ3) is 2.33. The van der Waals surface area contributed by atoms with Crippen molar-refractivity contribution in [3.8, 4) is 0 Å². The molecule has 18 heavy (non-hydrogen) atoms. The summed E-state index contributed by atoms with van der Waals surface area (Å²) in [5, 5.41) is 3.08. The highest BCUT2D eigenvalue weighted by atomic mass is 19.4. The van der Waals surface area contributed by atoms with E-state index in [2.05, 4.69) is 10.3 Å². The van der Waals surface area contributed by atoms with Gasteiger partial charge in [-0.05, 0) is 43.8 Å². The fourth-order valence-electron chi connectivity index (χ4n) is 1.97. The lowest BCUT2D eigenvalue weighted by atomic mass is 10.1. The van der Waals surface area contributed by atoms with Crippen LogP contribution in [0.25, 0.3) is 10.9 Å². The molecule has 0 radical (unpaired) electrons. The standard InChI is InChI=1S/C12H12F4N2/c1-17-5-4-8-9-6-7(13)2-3-10(9)18-11(8)12(14,15)16/h2-3,6,17-18H,4-5H2,1H3. The molecule has 0 aliphatic carbocycles. The lowest BCUT2D eigenvalue weighted by Gasteiger charge is -2.08. The summed E-state index contributed by atoms with van der Waals surface area (Å²) in [7, 11) is 1.66. The van der Waals surface area contributed by atoms with Crippen LogP contribution in [0.3, 0.4) is 0 Å². The van der Waals surface area contributed by atoms with Crippen LogP contribution in [0.15, 0.2) is 18.2 Å². The van der Waals surface area contributed by atoms with Gasteiger partial charge in [0.2, 0.25) is 0 Å². The molecule has 0 unspecified atom stereocenters. The van der Waals surface area contributed by atoms with Gasteiger partial charge >= 0.3 is 6.18 Å². The van der Waals surface area contributed by atoms with E-state index < -0.39 is 17.7 Å². The molecule has 1 aromatic heterocycles. The van der Waals surface area contributed by atoms with Crippen molar-refractivity contribution >= 4 is 10.9 Å². The van der Waals surface area contributed by atoms with Gasteiger partial charge in [-0.3, -0.25) is 0 Å². The Bertz CT molecular complexity index is 557. The summed E-state index contributed by atoms with van der Waals surface area (Å²) in [6, 6.07) is 3.59. The van der Waals surface area contributed by atoms with Crippen LogP contribution in [0, 0.1) is 5.82 Å². The van der Waals surface area contributed by atoms with E-state index in [1.165, 1.54) is 6.07 Å². The fourth-order valence-corrected chi connectivity index (χ4v) is 1.97. The van der Waals surface area contributed by atoms with Gasteiger partial charge in [0.05, 0.1) is 0 Å². The van der Waals surface area contributed by atoms with E-state index >= 15 is 0 Å². The summed E-state index contributed by atoms with van der Waals surface area (Å²) in [5.41, 5.74) is -0.389. The van der Waals surface area contributed by atoms with Gasteiger partial charge in [-0.15, -0.1) is 0 Å². The maximum Gasteiger partial charge on any atom is 0.431 e. The van der Waals surface area contributed by atoms with Crippen molar-refractivity contribution in [2.45, 2.75) is 12.6 Å². The first-order valence-electron chi connectivity index (χ1n) is 5.45. The Morgan fingerprint density at radius 3 is 2.61 bits per heavy atom. The summed E-state index contributed by atoms with van der Waals surface area (Å²) < 4.78 is 51.7.